The highest BCUT2D eigenvalue weighted by molar-refractivity contribution is 7.98. The van der Waals surface area contributed by atoms with Crippen LogP contribution in [-0.2, 0) is 5.75 Å². The first kappa shape index (κ1) is 18.2. The fourth-order valence-corrected chi connectivity index (χ4v) is 3.29. The van der Waals surface area contributed by atoms with E-state index in [2.05, 4.69) is 26.6 Å². The van der Waals surface area contributed by atoms with E-state index >= 15 is 0 Å². The minimum Gasteiger partial charge on any atom is -0.447 e. The Bertz CT molecular complexity index is 916. The highest BCUT2D eigenvalue weighted by Gasteiger charge is 2.16. The Kier molecular flexibility index (Phi) is 5.41. The molecular weight excluding hydrogens is 350 g/mol. The maximum absolute atomic E-state index is 12.0. The molecule has 0 spiro atoms. The van der Waals surface area contributed by atoms with E-state index in [4.69, 9.17) is 4.42 Å². The summed E-state index contributed by atoms with van der Waals surface area (Å²) in [6.07, 6.45) is 1.38. The van der Waals surface area contributed by atoms with Gasteiger partial charge in [0.1, 0.15) is 12.1 Å². The van der Waals surface area contributed by atoms with Crippen LogP contribution in [0, 0.1) is 13.8 Å². The van der Waals surface area contributed by atoms with Crippen molar-refractivity contribution >= 4 is 17.7 Å². The number of aryl methyl sites for hydroxylation is 2. The molecule has 0 saturated carbocycles. The van der Waals surface area contributed by atoms with Gasteiger partial charge in [0.25, 0.3) is 5.91 Å². The number of nitrogens with zero attached hydrogens (tertiary/aromatic N) is 4. The monoisotopic (exact) mass is 371 g/mol. The van der Waals surface area contributed by atoms with E-state index in [9.17, 15) is 4.79 Å². The number of benzene rings is 1. The molecule has 136 valence electrons. The maximum atomic E-state index is 12.0. The lowest BCUT2D eigenvalue weighted by Crippen LogP contribution is -2.30. The second kappa shape index (κ2) is 7.74. The summed E-state index contributed by atoms with van der Waals surface area (Å²) in [5.41, 5.74) is 2.46. The maximum Gasteiger partial charge on any atom is 0.273 e. The molecule has 7 nitrogen and oxygen atoms in total. The number of carbonyl (C=O) groups is 1. The molecule has 0 atom stereocenters. The first-order valence-electron chi connectivity index (χ1n) is 8.31. The van der Waals surface area contributed by atoms with Gasteiger partial charge in [0.05, 0.1) is 5.75 Å². The van der Waals surface area contributed by atoms with E-state index in [1.165, 1.54) is 23.6 Å². The highest BCUT2D eigenvalue weighted by atomic mass is 32.2. The Balaban J connectivity index is 1.73. The van der Waals surface area contributed by atoms with Gasteiger partial charge in [0.2, 0.25) is 5.89 Å². The van der Waals surface area contributed by atoms with E-state index in [-0.39, 0.29) is 17.6 Å². The van der Waals surface area contributed by atoms with Crippen molar-refractivity contribution in [2.24, 2.45) is 0 Å². The molecule has 8 heteroatoms. The quantitative estimate of drug-likeness (QED) is 0.669. The summed E-state index contributed by atoms with van der Waals surface area (Å²) in [5, 5.41) is 12.0. The molecular formula is C18H21N5O2S. The molecule has 1 amide bonds. The van der Waals surface area contributed by atoms with Crippen molar-refractivity contribution in [3.63, 3.8) is 0 Å². The van der Waals surface area contributed by atoms with Crippen LogP contribution in [-0.4, -0.2) is 31.7 Å². The summed E-state index contributed by atoms with van der Waals surface area (Å²) in [4.78, 5) is 16.2. The third kappa shape index (κ3) is 4.13. The molecule has 26 heavy (non-hydrogen) atoms. The van der Waals surface area contributed by atoms with Gasteiger partial charge in [-0.05, 0) is 45.4 Å². The normalized spacial score (nSPS) is 11.1. The van der Waals surface area contributed by atoms with Crippen molar-refractivity contribution in [2.75, 3.05) is 0 Å². The van der Waals surface area contributed by atoms with Gasteiger partial charge in [0.15, 0.2) is 10.9 Å². The smallest absolute Gasteiger partial charge is 0.273 e. The van der Waals surface area contributed by atoms with Gasteiger partial charge < -0.3 is 9.73 Å². The largest absolute Gasteiger partial charge is 0.447 e. The number of rotatable bonds is 6. The molecule has 0 aliphatic heterocycles. The van der Waals surface area contributed by atoms with Crippen LogP contribution in [0.15, 0.2) is 40.1 Å². The van der Waals surface area contributed by atoms with Crippen molar-refractivity contribution in [3.05, 3.63) is 53.5 Å². The summed E-state index contributed by atoms with van der Waals surface area (Å²) >= 11 is 1.46. The molecule has 0 bridgehead atoms. The van der Waals surface area contributed by atoms with Gasteiger partial charge in [0, 0.05) is 11.7 Å². The van der Waals surface area contributed by atoms with E-state index in [1.54, 1.807) is 0 Å². The molecule has 0 aliphatic rings. The van der Waals surface area contributed by atoms with Gasteiger partial charge in [-0.15, -0.1) is 10.2 Å². The number of nitrogens with one attached hydrogen (secondary N) is 1. The van der Waals surface area contributed by atoms with Gasteiger partial charge in [-0.25, -0.2) is 4.98 Å². The van der Waals surface area contributed by atoms with Crippen molar-refractivity contribution in [2.45, 2.75) is 44.6 Å². The molecule has 0 aliphatic carbocycles. The number of thioether (sulfide) groups is 1. The molecule has 0 fully saturated rings. The Hall–Kier alpha value is -2.61. The van der Waals surface area contributed by atoms with Gasteiger partial charge in [-0.3, -0.25) is 9.36 Å². The van der Waals surface area contributed by atoms with E-state index in [0.717, 1.165) is 16.7 Å². The zero-order valence-corrected chi connectivity index (χ0v) is 16.0. The van der Waals surface area contributed by atoms with Crippen molar-refractivity contribution in [3.8, 4) is 5.69 Å². The molecule has 0 saturated heterocycles. The average Bonchev–Trinajstić information content (AvgIpc) is 3.19. The molecule has 0 unspecified atom stereocenters. The number of hydrogen-bond acceptors (Lipinski definition) is 6. The van der Waals surface area contributed by atoms with Crippen molar-refractivity contribution in [1.29, 1.82) is 0 Å². The average molecular weight is 371 g/mol. The van der Waals surface area contributed by atoms with E-state index in [1.807, 2.05) is 50.5 Å². The van der Waals surface area contributed by atoms with E-state index < -0.39 is 0 Å². The number of carbonyl (C=O) groups excluding carboxylic acids is 1. The Morgan fingerprint density at radius 2 is 2.12 bits per heavy atom. The zero-order chi connectivity index (χ0) is 18.7. The Labute approximate surface area is 156 Å². The summed E-state index contributed by atoms with van der Waals surface area (Å²) in [7, 11) is 0. The zero-order valence-electron chi connectivity index (χ0n) is 15.2. The number of aromatic nitrogens is 4. The predicted molar refractivity (Wildman–Crippen MR) is 99.5 cm³/mol. The Morgan fingerprint density at radius 1 is 1.31 bits per heavy atom. The van der Waals surface area contributed by atoms with Crippen LogP contribution in [0.2, 0.25) is 0 Å². The minimum absolute atomic E-state index is 0.0490. The lowest BCUT2D eigenvalue weighted by atomic mass is 10.2. The minimum atomic E-state index is -0.237. The van der Waals surface area contributed by atoms with Crippen LogP contribution in [0.1, 0.15) is 41.6 Å². The van der Waals surface area contributed by atoms with Crippen LogP contribution >= 0.6 is 11.8 Å². The van der Waals surface area contributed by atoms with Crippen LogP contribution < -0.4 is 5.32 Å². The summed E-state index contributed by atoms with van der Waals surface area (Å²) in [5.74, 6) is 1.50. The number of amides is 1. The topological polar surface area (TPSA) is 85.8 Å². The lowest BCUT2D eigenvalue weighted by Gasteiger charge is -2.08. The number of hydrogen-bond donors (Lipinski definition) is 1. The molecule has 3 aromatic rings. The SMILES string of the molecule is Cc1cccc(-n2c(C)nnc2SCc2nc(C(=O)NC(C)C)co2)c1. The summed E-state index contributed by atoms with van der Waals surface area (Å²) in [6.45, 7) is 7.76. The third-order valence-electron chi connectivity index (χ3n) is 3.58. The number of oxazole rings is 1. The van der Waals surface area contributed by atoms with Gasteiger partial charge >= 0.3 is 0 Å². The first-order valence-corrected chi connectivity index (χ1v) is 9.29. The highest BCUT2D eigenvalue weighted by Crippen LogP contribution is 2.25. The first-order chi connectivity index (χ1) is 12.4. The fourth-order valence-electron chi connectivity index (χ4n) is 2.44. The molecule has 1 aromatic carbocycles. The lowest BCUT2D eigenvalue weighted by molar-refractivity contribution is 0.0938. The second-order valence-corrected chi connectivity index (χ2v) is 7.19. The summed E-state index contributed by atoms with van der Waals surface area (Å²) in [6, 6.07) is 8.21. The van der Waals surface area contributed by atoms with Gasteiger partial charge in [-0.1, -0.05) is 23.9 Å². The second-order valence-electron chi connectivity index (χ2n) is 6.25. The van der Waals surface area contributed by atoms with Crippen molar-refractivity contribution < 1.29 is 9.21 Å². The third-order valence-corrected chi connectivity index (χ3v) is 4.50. The molecule has 0 radical (unpaired) electrons. The van der Waals surface area contributed by atoms with Crippen LogP contribution in [0.3, 0.4) is 0 Å². The van der Waals surface area contributed by atoms with Crippen molar-refractivity contribution in [1.82, 2.24) is 25.1 Å². The molecule has 2 heterocycles. The standard InChI is InChI=1S/C18H21N5O2S/c1-11(2)19-17(24)15-9-25-16(20-15)10-26-18-22-21-13(4)23(18)14-7-5-6-12(3)8-14/h5-9,11H,10H2,1-4H3,(H,19,24). The molecule has 2 aromatic heterocycles. The molecule has 1 N–H and O–H groups in total. The fraction of sp³-hybridized carbons (Fsp3) is 0.333. The van der Waals surface area contributed by atoms with Crippen LogP contribution in [0.5, 0.6) is 0 Å². The van der Waals surface area contributed by atoms with Crippen LogP contribution in [0.4, 0.5) is 0 Å². The predicted octanol–water partition coefficient (Wildman–Crippen LogP) is 3.30. The van der Waals surface area contributed by atoms with Gasteiger partial charge in [-0.2, -0.15) is 0 Å². The van der Waals surface area contributed by atoms with E-state index in [0.29, 0.717) is 11.6 Å². The van der Waals surface area contributed by atoms with Crippen LogP contribution in [0.25, 0.3) is 5.69 Å². The summed E-state index contributed by atoms with van der Waals surface area (Å²) < 4.78 is 7.40. The Morgan fingerprint density at radius 3 is 2.85 bits per heavy atom. The molecule has 3 rings (SSSR count).